The fourth-order valence-corrected chi connectivity index (χ4v) is 5.47. The summed E-state index contributed by atoms with van der Waals surface area (Å²) in [4.78, 5) is 14.7. The average molecular weight is 513 g/mol. The van der Waals surface area contributed by atoms with Crippen LogP contribution in [-0.2, 0) is 0 Å². The molecule has 1 aromatic heterocycles. The molecule has 2 aromatic carbocycles. The van der Waals surface area contributed by atoms with E-state index in [9.17, 15) is 15.3 Å². The third-order valence-corrected chi connectivity index (χ3v) is 7.49. The van der Waals surface area contributed by atoms with Crippen molar-refractivity contribution >= 4 is 27.7 Å². The van der Waals surface area contributed by atoms with Crippen molar-refractivity contribution in [1.82, 2.24) is 15.1 Å². The number of hydrogen-bond donors (Lipinski definition) is 2. The number of anilines is 1. The number of nitriles is 2. The lowest BCUT2D eigenvalue weighted by Gasteiger charge is -2.36. The monoisotopic (exact) mass is 512 g/mol. The molecule has 0 bridgehead atoms. The van der Waals surface area contributed by atoms with Crippen molar-refractivity contribution in [2.75, 3.05) is 18.4 Å². The first-order valence-electron chi connectivity index (χ1n) is 11.1. The molecule has 5 rings (SSSR count). The summed E-state index contributed by atoms with van der Waals surface area (Å²) < 4.78 is 0.687. The minimum atomic E-state index is -0.346. The summed E-state index contributed by atoms with van der Waals surface area (Å²) in [6.45, 7) is 1.24. The van der Waals surface area contributed by atoms with Crippen molar-refractivity contribution < 1.29 is 4.79 Å². The number of rotatable bonds is 3. The summed E-state index contributed by atoms with van der Waals surface area (Å²) in [5.41, 5.74) is 4.41. The summed E-state index contributed by atoms with van der Waals surface area (Å²) in [6, 6.07) is 19.5. The molecule has 1 atom stereocenters. The highest BCUT2D eigenvalue weighted by Gasteiger charge is 2.37. The lowest BCUT2D eigenvalue weighted by atomic mass is 9.78. The second-order valence-corrected chi connectivity index (χ2v) is 9.23. The zero-order chi connectivity index (χ0) is 23.7. The second kappa shape index (κ2) is 9.17. The third-order valence-electron chi connectivity index (χ3n) is 6.60. The standard InChI is InChI=1S/C26H21BrN6O/c27-23-18(13-28)7-4-8-19(23)22-20(14-29)24(31-25-21(22)15-30-32-25)16-9-11-33(12-10-16)26(34)17-5-2-1-3-6-17/h1-8,15-16,22H,9-12H2,(H2,30,31,32). The number of allylic oxidation sites excluding steroid dienone is 2. The lowest BCUT2D eigenvalue weighted by Crippen LogP contribution is -2.40. The number of halogens is 1. The smallest absolute Gasteiger partial charge is 0.253 e. The zero-order valence-corrected chi connectivity index (χ0v) is 19.8. The van der Waals surface area contributed by atoms with Crippen molar-refractivity contribution in [2.45, 2.75) is 18.8 Å². The average Bonchev–Trinajstić information content (AvgIpc) is 3.36. The fraction of sp³-hybridized carbons (Fsp3) is 0.231. The topological polar surface area (TPSA) is 109 Å². The van der Waals surface area contributed by atoms with Gasteiger partial charge in [0.05, 0.1) is 23.1 Å². The number of likely N-dealkylation sites (tertiary alicyclic amines) is 1. The first-order valence-corrected chi connectivity index (χ1v) is 11.9. The predicted molar refractivity (Wildman–Crippen MR) is 131 cm³/mol. The van der Waals surface area contributed by atoms with Gasteiger partial charge in [0.2, 0.25) is 0 Å². The molecule has 0 radical (unpaired) electrons. The van der Waals surface area contributed by atoms with E-state index in [2.05, 4.69) is 43.6 Å². The van der Waals surface area contributed by atoms with Gasteiger partial charge in [-0.2, -0.15) is 15.6 Å². The maximum Gasteiger partial charge on any atom is 0.253 e. The van der Waals surface area contributed by atoms with E-state index in [1.165, 1.54) is 0 Å². The maximum absolute atomic E-state index is 12.9. The SMILES string of the molecule is N#CC1=C(C2CCN(C(=O)c3ccccc3)CC2)Nc2n[nH]cc2C1c1cccc(C#N)c1Br. The molecule has 2 aliphatic heterocycles. The van der Waals surface area contributed by atoms with Gasteiger partial charge in [0.1, 0.15) is 6.07 Å². The van der Waals surface area contributed by atoms with Gasteiger partial charge >= 0.3 is 0 Å². The van der Waals surface area contributed by atoms with Crippen LogP contribution in [0.5, 0.6) is 0 Å². The number of nitrogens with zero attached hydrogens (tertiary/aromatic N) is 4. The van der Waals surface area contributed by atoms with Crippen molar-refractivity contribution in [1.29, 1.82) is 10.5 Å². The number of fused-ring (bicyclic) bond motifs is 1. The molecule has 0 saturated carbocycles. The summed E-state index contributed by atoms with van der Waals surface area (Å²) in [7, 11) is 0. The van der Waals surface area contributed by atoms with Gasteiger partial charge in [-0.05, 0) is 52.5 Å². The van der Waals surface area contributed by atoms with Gasteiger partial charge in [0, 0.05) is 46.5 Å². The Hall–Kier alpha value is -3.88. The van der Waals surface area contributed by atoms with Crippen molar-refractivity contribution in [3.05, 3.63) is 92.7 Å². The Bertz CT molecular complexity index is 1360. The van der Waals surface area contributed by atoms with Crippen LogP contribution in [0.4, 0.5) is 5.82 Å². The zero-order valence-electron chi connectivity index (χ0n) is 18.3. The molecule has 1 amide bonds. The molecular weight excluding hydrogens is 492 g/mol. The van der Waals surface area contributed by atoms with Gasteiger partial charge in [-0.3, -0.25) is 9.89 Å². The number of amides is 1. The van der Waals surface area contributed by atoms with Crippen LogP contribution in [0.2, 0.25) is 0 Å². The Kier molecular flexibility index (Phi) is 5.91. The Labute approximate surface area is 205 Å². The Morgan fingerprint density at radius 2 is 1.79 bits per heavy atom. The van der Waals surface area contributed by atoms with Gasteiger partial charge in [-0.15, -0.1) is 0 Å². The number of H-pyrrole nitrogens is 1. The number of benzene rings is 2. The Morgan fingerprint density at radius 3 is 2.50 bits per heavy atom. The molecule has 168 valence electrons. The number of nitrogens with one attached hydrogen (secondary N) is 2. The fourth-order valence-electron chi connectivity index (χ4n) is 4.89. The highest BCUT2D eigenvalue weighted by molar-refractivity contribution is 9.10. The summed E-state index contributed by atoms with van der Waals surface area (Å²) in [6.07, 6.45) is 3.30. The molecular formula is C26H21BrN6O. The molecule has 3 heterocycles. The third kappa shape index (κ3) is 3.76. The van der Waals surface area contributed by atoms with Gasteiger partial charge in [0.25, 0.3) is 5.91 Å². The van der Waals surface area contributed by atoms with E-state index < -0.39 is 0 Å². The number of aromatic nitrogens is 2. The van der Waals surface area contributed by atoms with Gasteiger partial charge in [-0.1, -0.05) is 30.3 Å². The van der Waals surface area contributed by atoms with Crippen LogP contribution in [0.25, 0.3) is 0 Å². The normalized spacial score (nSPS) is 18.0. The van der Waals surface area contributed by atoms with E-state index in [1.807, 2.05) is 47.4 Å². The quantitative estimate of drug-likeness (QED) is 0.516. The molecule has 1 fully saturated rings. The summed E-state index contributed by atoms with van der Waals surface area (Å²) >= 11 is 3.59. The minimum absolute atomic E-state index is 0.0369. The predicted octanol–water partition coefficient (Wildman–Crippen LogP) is 4.93. The molecule has 1 unspecified atom stereocenters. The van der Waals surface area contributed by atoms with E-state index in [4.69, 9.17) is 0 Å². The van der Waals surface area contributed by atoms with Crippen LogP contribution < -0.4 is 5.32 Å². The highest BCUT2D eigenvalue weighted by Crippen LogP contribution is 2.46. The molecule has 2 aliphatic rings. The van der Waals surface area contributed by atoms with E-state index in [1.54, 1.807) is 12.3 Å². The number of hydrogen-bond acceptors (Lipinski definition) is 5. The van der Waals surface area contributed by atoms with Gasteiger partial charge in [0.15, 0.2) is 5.82 Å². The Balaban J connectivity index is 1.47. The lowest BCUT2D eigenvalue weighted by molar-refractivity contribution is 0.0702. The summed E-state index contributed by atoms with van der Waals surface area (Å²) in [5.74, 6) is 0.479. The van der Waals surface area contributed by atoms with Crippen LogP contribution in [0, 0.1) is 28.6 Å². The molecule has 34 heavy (non-hydrogen) atoms. The van der Waals surface area contributed by atoms with E-state index in [0.717, 1.165) is 29.7 Å². The van der Waals surface area contributed by atoms with Crippen LogP contribution >= 0.6 is 15.9 Å². The van der Waals surface area contributed by atoms with E-state index in [-0.39, 0.29) is 17.7 Å². The van der Waals surface area contributed by atoms with E-state index in [0.29, 0.717) is 40.1 Å². The minimum Gasteiger partial charge on any atom is -0.341 e. The van der Waals surface area contributed by atoms with Crippen LogP contribution in [-0.4, -0.2) is 34.1 Å². The number of carbonyl (C=O) groups is 1. The van der Waals surface area contributed by atoms with Gasteiger partial charge < -0.3 is 10.2 Å². The molecule has 0 spiro atoms. The van der Waals surface area contributed by atoms with Crippen LogP contribution in [0.15, 0.2) is 70.5 Å². The molecule has 7 nitrogen and oxygen atoms in total. The van der Waals surface area contributed by atoms with Crippen molar-refractivity contribution in [3.63, 3.8) is 0 Å². The van der Waals surface area contributed by atoms with Crippen LogP contribution in [0.1, 0.15) is 45.8 Å². The number of carbonyl (C=O) groups excluding carboxylic acids is 1. The highest BCUT2D eigenvalue weighted by atomic mass is 79.9. The number of aromatic amines is 1. The molecule has 3 aromatic rings. The van der Waals surface area contributed by atoms with Crippen molar-refractivity contribution in [3.8, 4) is 12.1 Å². The second-order valence-electron chi connectivity index (χ2n) is 8.44. The molecule has 0 aliphatic carbocycles. The van der Waals surface area contributed by atoms with Crippen molar-refractivity contribution in [2.24, 2.45) is 5.92 Å². The molecule has 2 N–H and O–H groups in total. The Morgan fingerprint density at radius 1 is 1.03 bits per heavy atom. The largest absolute Gasteiger partial charge is 0.341 e. The first-order chi connectivity index (χ1) is 16.6. The first kappa shape index (κ1) is 21.9. The summed E-state index contributed by atoms with van der Waals surface area (Å²) in [5, 5.41) is 30.5. The maximum atomic E-state index is 12.9. The molecule has 8 heteroatoms. The van der Waals surface area contributed by atoms with Crippen LogP contribution in [0.3, 0.4) is 0 Å². The van der Waals surface area contributed by atoms with E-state index >= 15 is 0 Å². The molecule has 1 saturated heterocycles. The number of piperidine rings is 1. The van der Waals surface area contributed by atoms with Gasteiger partial charge in [-0.25, -0.2) is 0 Å².